The summed E-state index contributed by atoms with van der Waals surface area (Å²) in [7, 11) is -4.67. The predicted octanol–water partition coefficient (Wildman–Crippen LogP) is 5.63. The molecule has 1 N–H and O–H groups in total. The highest BCUT2D eigenvalue weighted by Gasteiger charge is 2.32. The van der Waals surface area contributed by atoms with Crippen molar-refractivity contribution in [2.24, 2.45) is 0 Å². The van der Waals surface area contributed by atoms with Crippen LogP contribution >= 0.6 is 0 Å². The Hall–Kier alpha value is -3.08. The summed E-state index contributed by atoms with van der Waals surface area (Å²) < 4.78 is 90.1. The fourth-order valence-corrected chi connectivity index (χ4v) is 4.62. The van der Waals surface area contributed by atoms with Crippen molar-refractivity contribution in [2.75, 3.05) is 6.61 Å². The molecule has 0 saturated heterocycles. The number of carbonyl (C=O) groups is 1. The number of hydrogen-bond acceptors (Lipinski definition) is 5. The Morgan fingerprint density at radius 3 is 2.50 bits per heavy atom. The molecule has 182 valence electrons. The average Bonchev–Trinajstić information content (AvgIpc) is 3.49. The highest BCUT2D eigenvalue weighted by atomic mass is 32.2. The number of amides is 1. The molecule has 6 nitrogen and oxygen atoms in total. The highest BCUT2D eigenvalue weighted by Crippen LogP contribution is 2.42. The Kier molecular flexibility index (Phi) is 6.09. The lowest BCUT2D eigenvalue weighted by Gasteiger charge is -2.16. The second-order valence-corrected chi connectivity index (χ2v) is 10.1. The van der Waals surface area contributed by atoms with Crippen LogP contribution in [0.25, 0.3) is 11.0 Å². The fraction of sp³-hybridized carbons (Fsp3) is 0.348. The van der Waals surface area contributed by atoms with Crippen LogP contribution in [-0.4, -0.2) is 27.1 Å². The van der Waals surface area contributed by atoms with Crippen LogP contribution in [0.3, 0.4) is 0 Å². The third kappa shape index (κ3) is 5.19. The summed E-state index contributed by atoms with van der Waals surface area (Å²) >= 11 is 0. The van der Waals surface area contributed by atoms with Crippen molar-refractivity contribution in [3.8, 4) is 5.75 Å². The van der Waals surface area contributed by atoms with Crippen LogP contribution < -0.4 is 9.46 Å². The summed E-state index contributed by atoms with van der Waals surface area (Å²) in [5.74, 6) is -2.74. The molecule has 0 unspecified atom stereocenters. The topological polar surface area (TPSA) is 85.6 Å². The Morgan fingerprint density at radius 2 is 1.88 bits per heavy atom. The zero-order valence-electron chi connectivity index (χ0n) is 18.2. The number of carbonyl (C=O) groups excluding carboxylic acids is 1. The number of rotatable bonds is 7. The molecule has 0 aliphatic heterocycles. The summed E-state index contributed by atoms with van der Waals surface area (Å²) in [6, 6.07) is 7.74. The average molecular weight is 499 g/mol. The third-order valence-electron chi connectivity index (χ3n) is 5.42. The molecule has 0 bridgehead atoms. The van der Waals surface area contributed by atoms with E-state index >= 15 is 0 Å². The lowest BCUT2D eigenvalue weighted by molar-refractivity contribution is -0.153. The Morgan fingerprint density at radius 1 is 1.18 bits per heavy atom. The molecule has 1 fully saturated rings. The first-order valence-corrected chi connectivity index (χ1v) is 12.0. The molecule has 11 heteroatoms. The monoisotopic (exact) mass is 499 g/mol. The summed E-state index contributed by atoms with van der Waals surface area (Å²) in [4.78, 5) is 12.0. The number of nitrogens with one attached hydrogen (secondary N) is 1. The number of ether oxygens (including phenoxy) is 1. The quantitative estimate of drug-likeness (QED) is 0.426. The van der Waals surface area contributed by atoms with E-state index in [1.165, 1.54) is 12.1 Å². The second-order valence-electron chi connectivity index (χ2n) is 8.50. The van der Waals surface area contributed by atoms with Gasteiger partial charge in [-0.05, 0) is 60.1 Å². The molecule has 1 amide bonds. The lowest BCUT2D eigenvalue weighted by Crippen LogP contribution is -2.31. The fourth-order valence-electron chi connectivity index (χ4n) is 3.48. The van der Waals surface area contributed by atoms with E-state index in [4.69, 9.17) is 4.42 Å². The van der Waals surface area contributed by atoms with Crippen molar-refractivity contribution in [2.45, 2.75) is 49.6 Å². The number of benzene rings is 2. The smallest absolute Gasteiger partial charge is 0.422 e. The lowest BCUT2D eigenvalue weighted by atomic mass is 10.0. The van der Waals surface area contributed by atoms with Gasteiger partial charge in [0.05, 0.1) is 5.39 Å². The Balaban J connectivity index is 1.65. The molecule has 0 spiro atoms. The predicted molar refractivity (Wildman–Crippen MR) is 115 cm³/mol. The van der Waals surface area contributed by atoms with Crippen molar-refractivity contribution >= 4 is 26.9 Å². The van der Waals surface area contributed by atoms with Gasteiger partial charge in [-0.2, -0.15) is 13.2 Å². The van der Waals surface area contributed by atoms with E-state index in [0.717, 1.165) is 36.6 Å². The first kappa shape index (κ1) is 24.1. The summed E-state index contributed by atoms with van der Waals surface area (Å²) in [5.41, 5.74) is 1.34. The van der Waals surface area contributed by atoms with Gasteiger partial charge in [0.15, 0.2) is 12.4 Å². The molecule has 1 aliphatic carbocycles. The van der Waals surface area contributed by atoms with Gasteiger partial charge in [-0.25, -0.2) is 17.5 Å². The van der Waals surface area contributed by atoms with E-state index < -0.39 is 50.9 Å². The number of fused-ring (bicyclic) bond motifs is 1. The molecule has 1 aliphatic rings. The third-order valence-corrected chi connectivity index (χ3v) is 6.78. The molecule has 1 aromatic heterocycles. The van der Waals surface area contributed by atoms with Gasteiger partial charge in [-0.15, -0.1) is 0 Å². The maximum atomic E-state index is 14.5. The van der Waals surface area contributed by atoms with Crippen LogP contribution in [0.2, 0.25) is 0 Å². The van der Waals surface area contributed by atoms with Crippen molar-refractivity contribution in [3.63, 3.8) is 0 Å². The zero-order chi connectivity index (χ0) is 24.8. The molecule has 4 rings (SSSR count). The second kappa shape index (κ2) is 8.61. The number of furan rings is 1. The highest BCUT2D eigenvalue weighted by molar-refractivity contribution is 7.90. The standard InChI is InChI=1S/C23H21F4NO5S/c1-12(2)14-5-6-18(32-11-23(25,26)27)21(9-14)34(30,31)28-22(29)20-10-16-17(24)7-15(13-3-4-13)8-19(16)33-20/h5-10,12-13H,3-4,11H2,1-2H3,(H,28,29). The first-order valence-electron chi connectivity index (χ1n) is 10.5. The minimum absolute atomic E-state index is 0.0166. The molecular weight excluding hydrogens is 478 g/mol. The SMILES string of the molecule is CC(C)c1ccc(OCC(F)(F)F)c(S(=O)(=O)NC(=O)c2cc3c(F)cc(C4CC4)cc3o2)c1. The maximum Gasteiger partial charge on any atom is 0.422 e. The van der Waals surface area contributed by atoms with Crippen LogP contribution in [-0.2, 0) is 10.0 Å². The van der Waals surface area contributed by atoms with Crippen molar-refractivity contribution in [3.05, 3.63) is 59.1 Å². The van der Waals surface area contributed by atoms with E-state index in [-0.39, 0.29) is 22.8 Å². The van der Waals surface area contributed by atoms with Crippen molar-refractivity contribution in [1.29, 1.82) is 0 Å². The van der Waals surface area contributed by atoms with E-state index in [9.17, 15) is 30.8 Å². The van der Waals surface area contributed by atoms with Gasteiger partial charge < -0.3 is 9.15 Å². The molecule has 0 atom stereocenters. The number of halogens is 4. The van der Waals surface area contributed by atoms with E-state index in [1.807, 2.05) is 0 Å². The van der Waals surface area contributed by atoms with E-state index in [1.54, 1.807) is 24.6 Å². The molecule has 1 saturated carbocycles. The molecule has 0 radical (unpaired) electrons. The normalized spacial score (nSPS) is 14.6. The van der Waals surface area contributed by atoms with Crippen LogP contribution in [0.15, 0.2) is 45.7 Å². The maximum absolute atomic E-state index is 14.5. The van der Waals surface area contributed by atoms with E-state index in [2.05, 4.69) is 4.74 Å². The summed E-state index contributed by atoms with van der Waals surface area (Å²) in [6.07, 6.45) is -2.85. The zero-order valence-corrected chi connectivity index (χ0v) is 19.0. The van der Waals surface area contributed by atoms with Crippen molar-refractivity contribution < 1.29 is 39.9 Å². The molecular formula is C23H21F4NO5S. The van der Waals surface area contributed by atoms with Gasteiger partial charge in [0.1, 0.15) is 22.0 Å². The number of hydrogen-bond donors (Lipinski definition) is 1. The van der Waals surface area contributed by atoms with Gasteiger partial charge in [0.2, 0.25) is 0 Å². The molecule has 3 aromatic rings. The van der Waals surface area contributed by atoms with Crippen LogP contribution in [0.4, 0.5) is 17.6 Å². The minimum atomic E-state index is -4.70. The van der Waals surface area contributed by atoms with Gasteiger partial charge in [-0.1, -0.05) is 19.9 Å². The van der Waals surface area contributed by atoms with Crippen LogP contribution in [0, 0.1) is 5.82 Å². The minimum Gasteiger partial charge on any atom is -0.483 e. The van der Waals surface area contributed by atoms with Crippen molar-refractivity contribution in [1.82, 2.24) is 4.72 Å². The van der Waals surface area contributed by atoms with Gasteiger partial charge in [0, 0.05) is 6.07 Å². The van der Waals surface area contributed by atoms with Gasteiger partial charge >= 0.3 is 12.1 Å². The Labute approximate surface area is 192 Å². The molecule has 2 aromatic carbocycles. The largest absolute Gasteiger partial charge is 0.483 e. The Bertz CT molecular complexity index is 1360. The van der Waals surface area contributed by atoms with Crippen LogP contribution in [0.5, 0.6) is 5.75 Å². The first-order chi connectivity index (χ1) is 15.8. The van der Waals surface area contributed by atoms with Gasteiger partial charge in [0.25, 0.3) is 10.0 Å². The molecule has 34 heavy (non-hydrogen) atoms. The number of alkyl halides is 3. The van der Waals surface area contributed by atoms with E-state index in [0.29, 0.717) is 5.56 Å². The van der Waals surface area contributed by atoms with Crippen LogP contribution in [0.1, 0.15) is 60.2 Å². The van der Waals surface area contributed by atoms with Gasteiger partial charge in [-0.3, -0.25) is 4.79 Å². The molecule has 1 heterocycles. The summed E-state index contributed by atoms with van der Waals surface area (Å²) in [6.45, 7) is 1.81. The summed E-state index contributed by atoms with van der Waals surface area (Å²) in [5, 5.41) is 0.0166. The number of sulfonamides is 1.